The minimum absolute atomic E-state index is 0.134. The van der Waals surface area contributed by atoms with Crippen LogP contribution in [0, 0.1) is 0 Å². The Labute approximate surface area is 166 Å². The molecule has 1 saturated carbocycles. The zero-order valence-corrected chi connectivity index (χ0v) is 16.4. The number of ether oxygens (including phenoxy) is 1. The number of rotatable bonds is 6. The van der Waals surface area contributed by atoms with Crippen LogP contribution in [0.3, 0.4) is 0 Å². The van der Waals surface area contributed by atoms with E-state index in [0.29, 0.717) is 24.4 Å². The van der Waals surface area contributed by atoms with Crippen LogP contribution in [-0.4, -0.2) is 34.9 Å². The molecule has 4 rings (SSSR count). The van der Waals surface area contributed by atoms with Gasteiger partial charge < -0.3 is 15.4 Å². The molecule has 1 atom stereocenters. The van der Waals surface area contributed by atoms with E-state index in [9.17, 15) is 4.79 Å². The molecular formula is C22H30N4O2. The quantitative estimate of drug-likeness (QED) is 0.803. The molecule has 0 spiro atoms. The van der Waals surface area contributed by atoms with Crippen LogP contribution < -0.4 is 15.4 Å². The van der Waals surface area contributed by atoms with Crippen LogP contribution in [0.2, 0.25) is 0 Å². The standard InChI is InChI=1S/C22H30N4O2/c27-22(21-12-14-26(25-21)18-5-4-13-23-16-18)24-15-17-8-10-20(11-9-17)28-19-6-2-1-3-7-19/h8-12,14,18-19,23H,1-7,13,15-16H2,(H,24,27). The Kier molecular flexibility index (Phi) is 6.27. The molecule has 0 radical (unpaired) electrons. The zero-order chi connectivity index (χ0) is 19.2. The molecule has 6 nitrogen and oxygen atoms in total. The van der Waals surface area contributed by atoms with E-state index in [-0.39, 0.29) is 5.91 Å². The van der Waals surface area contributed by atoms with Gasteiger partial charge in [0.05, 0.1) is 12.1 Å². The van der Waals surface area contributed by atoms with Crippen molar-refractivity contribution in [3.8, 4) is 5.75 Å². The zero-order valence-electron chi connectivity index (χ0n) is 16.4. The summed E-state index contributed by atoms with van der Waals surface area (Å²) < 4.78 is 7.98. The minimum atomic E-state index is -0.134. The molecule has 2 fully saturated rings. The monoisotopic (exact) mass is 382 g/mol. The third-order valence-electron chi connectivity index (χ3n) is 5.72. The number of benzene rings is 1. The molecule has 2 heterocycles. The fourth-order valence-corrected chi connectivity index (χ4v) is 4.06. The largest absolute Gasteiger partial charge is 0.490 e. The van der Waals surface area contributed by atoms with Gasteiger partial charge in [-0.2, -0.15) is 5.10 Å². The summed E-state index contributed by atoms with van der Waals surface area (Å²) in [5.74, 6) is 0.784. The summed E-state index contributed by atoms with van der Waals surface area (Å²) in [6.07, 6.45) is 10.7. The molecule has 6 heteroatoms. The Morgan fingerprint density at radius 3 is 2.68 bits per heavy atom. The molecule has 1 aromatic carbocycles. The van der Waals surface area contributed by atoms with Crippen molar-refractivity contribution in [2.75, 3.05) is 13.1 Å². The van der Waals surface area contributed by atoms with Crippen molar-refractivity contribution in [3.63, 3.8) is 0 Å². The lowest BCUT2D eigenvalue weighted by molar-refractivity contribution is 0.0944. The van der Waals surface area contributed by atoms with Crippen molar-refractivity contribution >= 4 is 5.91 Å². The topological polar surface area (TPSA) is 68.2 Å². The summed E-state index contributed by atoms with van der Waals surface area (Å²) >= 11 is 0. The van der Waals surface area contributed by atoms with Crippen molar-refractivity contribution in [2.45, 2.75) is 63.6 Å². The van der Waals surface area contributed by atoms with Crippen molar-refractivity contribution in [1.29, 1.82) is 0 Å². The first-order valence-corrected chi connectivity index (χ1v) is 10.6. The first kappa shape index (κ1) is 19.0. The van der Waals surface area contributed by atoms with Crippen molar-refractivity contribution in [1.82, 2.24) is 20.4 Å². The van der Waals surface area contributed by atoms with Gasteiger partial charge in [0, 0.05) is 19.3 Å². The predicted molar refractivity (Wildman–Crippen MR) is 108 cm³/mol. The molecule has 1 aliphatic carbocycles. The van der Waals surface area contributed by atoms with Crippen molar-refractivity contribution < 1.29 is 9.53 Å². The van der Waals surface area contributed by atoms with Crippen LogP contribution in [0.5, 0.6) is 5.75 Å². The van der Waals surface area contributed by atoms with Crippen LogP contribution in [0.15, 0.2) is 36.5 Å². The number of nitrogens with zero attached hydrogens (tertiary/aromatic N) is 2. The van der Waals surface area contributed by atoms with Crippen LogP contribution in [-0.2, 0) is 6.54 Å². The molecule has 1 saturated heterocycles. The lowest BCUT2D eigenvalue weighted by Gasteiger charge is -2.23. The number of piperidine rings is 1. The Morgan fingerprint density at radius 1 is 1.11 bits per heavy atom. The maximum Gasteiger partial charge on any atom is 0.272 e. The predicted octanol–water partition coefficient (Wildman–Crippen LogP) is 3.45. The van der Waals surface area contributed by atoms with Gasteiger partial charge in [0.1, 0.15) is 11.4 Å². The Bertz CT molecular complexity index is 759. The van der Waals surface area contributed by atoms with E-state index < -0.39 is 0 Å². The summed E-state index contributed by atoms with van der Waals surface area (Å²) in [6.45, 7) is 2.47. The molecule has 2 N–H and O–H groups in total. The molecule has 1 amide bonds. The third kappa shape index (κ3) is 4.93. The van der Waals surface area contributed by atoms with Crippen LogP contribution in [0.25, 0.3) is 0 Å². The summed E-state index contributed by atoms with van der Waals surface area (Å²) in [5, 5.41) is 10.8. The number of amides is 1. The second-order valence-electron chi connectivity index (χ2n) is 7.89. The molecule has 0 bridgehead atoms. The van der Waals surface area contributed by atoms with Gasteiger partial charge in [-0.1, -0.05) is 18.6 Å². The number of nitrogens with one attached hydrogen (secondary N) is 2. The molecule has 1 unspecified atom stereocenters. The highest BCUT2D eigenvalue weighted by atomic mass is 16.5. The molecule has 2 aliphatic rings. The second-order valence-corrected chi connectivity index (χ2v) is 7.89. The van der Waals surface area contributed by atoms with Crippen molar-refractivity contribution in [2.24, 2.45) is 0 Å². The highest BCUT2D eigenvalue weighted by molar-refractivity contribution is 5.92. The van der Waals surface area contributed by atoms with Crippen LogP contribution in [0.1, 0.15) is 67.0 Å². The van der Waals surface area contributed by atoms with Gasteiger partial charge in [-0.05, 0) is 68.8 Å². The maximum atomic E-state index is 12.4. The van der Waals surface area contributed by atoms with E-state index in [2.05, 4.69) is 15.7 Å². The van der Waals surface area contributed by atoms with Gasteiger partial charge in [0.2, 0.25) is 0 Å². The average molecular weight is 383 g/mol. The van der Waals surface area contributed by atoms with E-state index in [4.69, 9.17) is 4.74 Å². The molecular weight excluding hydrogens is 352 g/mol. The fourth-order valence-electron chi connectivity index (χ4n) is 4.06. The van der Waals surface area contributed by atoms with Gasteiger partial charge >= 0.3 is 0 Å². The molecule has 1 aromatic heterocycles. The number of carbonyl (C=O) groups is 1. The lowest BCUT2D eigenvalue weighted by Crippen LogP contribution is -2.32. The Morgan fingerprint density at radius 2 is 1.93 bits per heavy atom. The Balaban J connectivity index is 1.26. The highest BCUT2D eigenvalue weighted by Crippen LogP contribution is 2.23. The minimum Gasteiger partial charge on any atom is -0.490 e. The molecule has 2 aromatic rings. The highest BCUT2D eigenvalue weighted by Gasteiger charge is 2.18. The Hall–Kier alpha value is -2.34. The summed E-state index contributed by atoms with van der Waals surface area (Å²) in [5.41, 5.74) is 1.53. The van der Waals surface area contributed by atoms with E-state index in [1.54, 1.807) is 6.07 Å². The number of hydrogen-bond acceptors (Lipinski definition) is 4. The third-order valence-corrected chi connectivity index (χ3v) is 5.72. The van der Waals surface area contributed by atoms with E-state index in [1.807, 2.05) is 35.1 Å². The first-order valence-electron chi connectivity index (χ1n) is 10.6. The van der Waals surface area contributed by atoms with Crippen molar-refractivity contribution in [3.05, 3.63) is 47.8 Å². The van der Waals surface area contributed by atoms with Gasteiger partial charge in [0.25, 0.3) is 5.91 Å². The summed E-state index contributed by atoms with van der Waals surface area (Å²) in [4.78, 5) is 12.4. The maximum absolute atomic E-state index is 12.4. The van der Waals surface area contributed by atoms with E-state index >= 15 is 0 Å². The van der Waals surface area contributed by atoms with Gasteiger partial charge in [-0.15, -0.1) is 0 Å². The SMILES string of the molecule is O=C(NCc1ccc(OC2CCCCC2)cc1)c1ccn(C2CCCNC2)n1. The number of hydrogen-bond donors (Lipinski definition) is 2. The number of carbonyl (C=O) groups excluding carboxylic acids is 1. The van der Waals surface area contributed by atoms with Gasteiger partial charge in [-0.3, -0.25) is 9.48 Å². The first-order chi connectivity index (χ1) is 13.8. The molecule has 28 heavy (non-hydrogen) atoms. The fraction of sp³-hybridized carbons (Fsp3) is 0.545. The molecule has 150 valence electrons. The van der Waals surface area contributed by atoms with Gasteiger partial charge in [0.15, 0.2) is 0 Å². The lowest BCUT2D eigenvalue weighted by atomic mass is 9.98. The van der Waals surface area contributed by atoms with Crippen LogP contribution in [0.4, 0.5) is 0 Å². The normalized spacial score (nSPS) is 20.6. The average Bonchev–Trinajstić information content (AvgIpc) is 3.25. The number of aromatic nitrogens is 2. The summed E-state index contributed by atoms with van der Waals surface area (Å²) in [6, 6.07) is 10.2. The van der Waals surface area contributed by atoms with E-state index in [0.717, 1.165) is 50.1 Å². The van der Waals surface area contributed by atoms with Crippen LogP contribution >= 0.6 is 0 Å². The summed E-state index contributed by atoms with van der Waals surface area (Å²) in [7, 11) is 0. The second kappa shape index (κ2) is 9.24. The molecule has 1 aliphatic heterocycles. The smallest absolute Gasteiger partial charge is 0.272 e. The van der Waals surface area contributed by atoms with Gasteiger partial charge in [-0.25, -0.2) is 0 Å². The van der Waals surface area contributed by atoms with E-state index in [1.165, 1.54) is 19.3 Å².